The fraction of sp³-hybridized carbons (Fsp3) is 0.778. The number of carbonyl (C=O) groups excluding carboxylic acids is 1. The lowest BCUT2D eigenvalue weighted by atomic mass is 10.1. The Labute approximate surface area is 78.3 Å². The van der Waals surface area contributed by atoms with Crippen LogP contribution in [-0.2, 0) is 9.59 Å². The van der Waals surface area contributed by atoms with Gasteiger partial charge in [-0.15, -0.1) is 0 Å². The van der Waals surface area contributed by atoms with Gasteiger partial charge in [0.1, 0.15) is 0 Å². The Morgan fingerprint density at radius 2 is 2.00 bits per heavy atom. The molecule has 0 spiro atoms. The van der Waals surface area contributed by atoms with Crippen LogP contribution >= 0.6 is 0 Å². The minimum absolute atomic E-state index is 0.0462. The quantitative estimate of drug-likeness (QED) is 0.501. The van der Waals surface area contributed by atoms with Gasteiger partial charge >= 0.3 is 11.9 Å². The normalized spacial score (nSPS) is 12.2. The molecule has 1 amide bonds. The highest BCUT2D eigenvalue weighted by Gasteiger charge is 2.13. The molecule has 13 heavy (non-hydrogen) atoms. The van der Waals surface area contributed by atoms with Gasteiger partial charge in [0.25, 0.3) is 0 Å². The molecule has 0 rings (SSSR count). The number of amides is 1. The summed E-state index contributed by atoms with van der Waals surface area (Å²) in [6.07, 6.45) is 4.11. The van der Waals surface area contributed by atoms with Crippen LogP contribution in [0.3, 0.4) is 0 Å². The molecule has 1 atom stereocenters. The molecule has 0 aromatic carbocycles. The van der Waals surface area contributed by atoms with E-state index in [1.54, 1.807) is 0 Å². The first-order valence-corrected chi connectivity index (χ1v) is 4.61. The first-order chi connectivity index (χ1) is 6.07. The van der Waals surface area contributed by atoms with Crippen molar-refractivity contribution < 1.29 is 14.7 Å². The van der Waals surface area contributed by atoms with Crippen molar-refractivity contribution in [1.29, 1.82) is 0 Å². The summed E-state index contributed by atoms with van der Waals surface area (Å²) in [5, 5.41) is 10.7. The fourth-order valence-electron chi connectivity index (χ4n) is 1.06. The summed E-state index contributed by atoms with van der Waals surface area (Å²) in [6, 6.07) is -0.0462. The van der Waals surface area contributed by atoms with Crippen molar-refractivity contribution in [2.45, 2.75) is 45.6 Å². The van der Waals surface area contributed by atoms with E-state index >= 15 is 0 Å². The molecule has 0 aromatic rings. The van der Waals surface area contributed by atoms with E-state index in [0.29, 0.717) is 0 Å². The molecule has 0 aliphatic heterocycles. The van der Waals surface area contributed by atoms with Crippen molar-refractivity contribution >= 4 is 11.9 Å². The number of carbonyl (C=O) groups is 2. The highest BCUT2D eigenvalue weighted by atomic mass is 16.4. The highest BCUT2D eigenvalue weighted by Crippen LogP contribution is 2.02. The molecule has 2 N–H and O–H groups in total. The van der Waals surface area contributed by atoms with Crippen LogP contribution < -0.4 is 5.32 Å². The monoisotopic (exact) mass is 187 g/mol. The van der Waals surface area contributed by atoms with E-state index in [2.05, 4.69) is 12.2 Å². The van der Waals surface area contributed by atoms with Gasteiger partial charge in [0.2, 0.25) is 0 Å². The molecule has 0 heterocycles. The molecular weight excluding hydrogens is 170 g/mol. The topological polar surface area (TPSA) is 66.4 Å². The summed E-state index contributed by atoms with van der Waals surface area (Å²) < 4.78 is 0. The molecule has 4 heteroatoms. The van der Waals surface area contributed by atoms with Crippen molar-refractivity contribution in [2.24, 2.45) is 0 Å². The van der Waals surface area contributed by atoms with Crippen LogP contribution in [-0.4, -0.2) is 23.0 Å². The maximum atomic E-state index is 10.7. The molecule has 0 radical (unpaired) electrons. The average molecular weight is 187 g/mol. The molecule has 4 nitrogen and oxygen atoms in total. The summed E-state index contributed by atoms with van der Waals surface area (Å²) in [5.41, 5.74) is 0. The lowest BCUT2D eigenvalue weighted by Gasteiger charge is -2.11. The molecule has 0 bridgehead atoms. The molecule has 0 saturated carbocycles. The second-order valence-electron chi connectivity index (χ2n) is 3.18. The Hall–Kier alpha value is -1.06. The number of carboxylic acid groups (broad SMARTS) is 1. The van der Waals surface area contributed by atoms with E-state index in [0.717, 1.165) is 25.7 Å². The first-order valence-electron chi connectivity index (χ1n) is 4.61. The van der Waals surface area contributed by atoms with Crippen molar-refractivity contribution in [3.05, 3.63) is 0 Å². The van der Waals surface area contributed by atoms with Crippen LogP contribution in [0.4, 0.5) is 0 Å². The standard InChI is InChI=1S/C9H17NO3/c1-3-4-5-6-7(2)10-8(11)9(12)13/h7H,3-6H2,1-2H3,(H,10,11)(H,12,13). The Morgan fingerprint density at radius 3 is 2.46 bits per heavy atom. The SMILES string of the molecule is CCCCCC(C)NC(=O)C(=O)O. The number of hydrogen-bond acceptors (Lipinski definition) is 2. The summed E-state index contributed by atoms with van der Waals surface area (Å²) >= 11 is 0. The van der Waals surface area contributed by atoms with E-state index in [9.17, 15) is 9.59 Å². The van der Waals surface area contributed by atoms with Crippen molar-refractivity contribution in [3.63, 3.8) is 0 Å². The molecular formula is C9H17NO3. The molecule has 76 valence electrons. The molecule has 0 aromatic heterocycles. The van der Waals surface area contributed by atoms with Crippen LogP contribution in [0.15, 0.2) is 0 Å². The van der Waals surface area contributed by atoms with Gasteiger partial charge in [-0.2, -0.15) is 0 Å². The number of hydrogen-bond donors (Lipinski definition) is 2. The third kappa shape index (κ3) is 6.13. The van der Waals surface area contributed by atoms with Gasteiger partial charge < -0.3 is 10.4 Å². The molecule has 0 aliphatic carbocycles. The van der Waals surface area contributed by atoms with Gasteiger partial charge in [0, 0.05) is 6.04 Å². The predicted molar refractivity (Wildman–Crippen MR) is 49.4 cm³/mol. The summed E-state index contributed by atoms with van der Waals surface area (Å²) in [7, 11) is 0. The number of carboxylic acids is 1. The van der Waals surface area contributed by atoms with Gasteiger partial charge in [0.15, 0.2) is 0 Å². The zero-order valence-corrected chi connectivity index (χ0v) is 8.17. The molecule has 0 saturated heterocycles. The van der Waals surface area contributed by atoms with Gasteiger partial charge in [-0.1, -0.05) is 26.2 Å². The van der Waals surface area contributed by atoms with Crippen molar-refractivity contribution in [1.82, 2.24) is 5.32 Å². The van der Waals surface area contributed by atoms with E-state index in [1.165, 1.54) is 0 Å². The molecule has 0 fully saturated rings. The second-order valence-corrected chi connectivity index (χ2v) is 3.18. The van der Waals surface area contributed by atoms with Gasteiger partial charge in [-0.3, -0.25) is 4.79 Å². The van der Waals surface area contributed by atoms with Crippen molar-refractivity contribution in [2.75, 3.05) is 0 Å². The van der Waals surface area contributed by atoms with Crippen LogP contribution in [0.1, 0.15) is 39.5 Å². The molecule has 0 aliphatic rings. The van der Waals surface area contributed by atoms with E-state index in [-0.39, 0.29) is 6.04 Å². The Bertz CT molecular complexity index is 180. The zero-order valence-electron chi connectivity index (χ0n) is 8.17. The first kappa shape index (κ1) is 11.9. The number of aliphatic carboxylic acids is 1. The average Bonchev–Trinajstić information content (AvgIpc) is 2.04. The summed E-state index contributed by atoms with van der Waals surface area (Å²) in [5.74, 6) is -2.33. The third-order valence-corrected chi connectivity index (χ3v) is 1.81. The van der Waals surface area contributed by atoms with Crippen LogP contribution in [0.25, 0.3) is 0 Å². The number of unbranched alkanes of at least 4 members (excludes halogenated alkanes) is 2. The van der Waals surface area contributed by atoms with E-state index in [4.69, 9.17) is 5.11 Å². The lowest BCUT2D eigenvalue weighted by Crippen LogP contribution is -2.37. The number of nitrogens with one attached hydrogen (secondary N) is 1. The Balaban J connectivity index is 3.55. The van der Waals surface area contributed by atoms with Crippen LogP contribution in [0.2, 0.25) is 0 Å². The smallest absolute Gasteiger partial charge is 0.394 e. The maximum Gasteiger partial charge on any atom is 0.394 e. The number of rotatable bonds is 5. The van der Waals surface area contributed by atoms with E-state index in [1.807, 2.05) is 6.92 Å². The predicted octanol–water partition coefficient (Wildman–Crippen LogP) is 1.16. The minimum Gasteiger partial charge on any atom is -0.474 e. The zero-order chi connectivity index (χ0) is 10.3. The van der Waals surface area contributed by atoms with Crippen molar-refractivity contribution in [3.8, 4) is 0 Å². The van der Waals surface area contributed by atoms with Gasteiger partial charge in [-0.05, 0) is 13.3 Å². The largest absolute Gasteiger partial charge is 0.474 e. The minimum atomic E-state index is -1.41. The lowest BCUT2D eigenvalue weighted by molar-refractivity contribution is -0.150. The fourth-order valence-corrected chi connectivity index (χ4v) is 1.06. The Kier molecular flexibility index (Phi) is 5.93. The van der Waals surface area contributed by atoms with Gasteiger partial charge in [0.05, 0.1) is 0 Å². The second kappa shape index (κ2) is 6.46. The Morgan fingerprint density at radius 1 is 1.38 bits per heavy atom. The summed E-state index contributed by atoms with van der Waals surface area (Å²) in [6.45, 7) is 3.91. The van der Waals surface area contributed by atoms with Crippen LogP contribution in [0.5, 0.6) is 0 Å². The molecule has 1 unspecified atom stereocenters. The van der Waals surface area contributed by atoms with Crippen LogP contribution in [0, 0.1) is 0 Å². The highest BCUT2D eigenvalue weighted by molar-refractivity contribution is 6.31. The maximum absolute atomic E-state index is 10.7. The van der Waals surface area contributed by atoms with Gasteiger partial charge in [-0.25, -0.2) is 4.79 Å². The van der Waals surface area contributed by atoms with E-state index < -0.39 is 11.9 Å². The third-order valence-electron chi connectivity index (χ3n) is 1.81. The summed E-state index contributed by atoms with van der Waals surface area (Å²) in [4.78, 5) is 20.8.